The van der Waals surface area contributed by atoms with E-state index in [4.69, 9.17) is 4.42 Å². The lowest BCUT2D eigenvalue weighted by Gasteiger charge is -2.21. The van der Waals surface area contributed by atoms with Gasteiger partial charge in [-0.1, -0.05) is 18.2 Å². The SMILES string of the molecule is COC(=O)c1cc(CN(C)C(=O)[C@H](C)NC(=O)c2ccccc2)oc1C. The van der Waals surface area contributed by atoms with Gasteiger partial charge in [0.05, 0.1) is 13.7 Å². The van der Waals surface area contributed by atoms with Gasteiger partial charge < -0.3 is 19.4 Å². The molecule has 0 saturated carbocycles. The molecular weight excluding hydrogens is 336 g/mol. The van der Waals surface area contributed by atoms with Gasteiger partial charge in [-0.25, -0.2) is 4.79 Å². The van der Waals surface area contributed by atoms with E-state index in [0.29, 0.717) is 22.6 Å². The van der Waals surface area contributed by atoms with Crippen molar-refractivity contribution in [2.45, 2.75) is 26.4 Å². The van der Waals surface area contributed by atoms with Crippen LogP contribution in [0.15, 0.2) is 40.8 Å². The molecule has 0 spiro atoms. The Balaban J connectivity index is 1.98. The van der Waals surface area contributed by atoms with Crippen LogP contribution in [-0.2, 0) is 16.1 Å². The summed E-state index contributed by atoms with van der Waals surface area (Å²) in [4.78, 5) is 37.7. The number of nitrogens with zero attached hydrogens (tertiary/aromatic N) is 1. The van der Waals surface area contributed by atoms with Crippen LogP contribution in [0.25, 0.3) is 0 Å². The summed E-state index contributed by atoms with van der Waals surface area (Å²) < 4.78 is 10.2. The summed E-state index contributed by atoms with van der Waals surface area (Å²) in [6.45, 7) is 3.44. The van der Waals surface area contributed by atoms with E-state index < -0.39 is 12.0 Å². The van der Waals surface area contributed by atoms with Crippen molar-refractivity contribution >= 4 is 17.8 Å². The minimum atomic E-state index is -0.705. The van der Waals surface area contributed by atoms with Crippen LogP contribution in [0.4, 0.5) is 0 Å². The smallest absolute Gasteiger partial charge is 0.341 e. The van der Waals surface area contributed by atoms with Crippen molar-refractivity contribution in [1.82, 2.24) is 10.2 Å². The van der Waals surface area contributed by atoms with Crippen molar-refractivity contribution in [2.24, 2.45) is 0 Å². The Labute approximate surface area is 151 Å². The Bertz CT molecular complexity index is 798. The van der Waals surface area contributed by atoms with Crippen molar-refractivity contribution in [3.63, 3.8) is 0 Å². The number of hydrogen-bond acceptors (Lipinski definition) is 5. The maximum atomic E-state index is 12.5. The third-order valence-corrected chi connectivity index (χ3v) is 3.90. The second kappa shape index (κ2) is 8.33. The first-order valence-corrected chi connectivity index (χ1v) is 8.12. The van der Waals surface area contributed by atoms with E-state index >= 15 is 0 Å². The molecule has 0 unspecified atom stereocenters. The molecule has 1 heterocycles. The maximum Gasteiger partial charge on any atom is 0.341 e. The number of furan rings is 1. The fourth-order valence-corrected chi connectivity index (χ4v) is 2.51. The van der Waals surface area contributed by atoms with E-state index in [1.165, 1.54) is 12.0 Å². The van der Waals surface area contributed by atoms with Crippen LogP contribution in [0.1, 0.15) is 39.2 Å². The van der Waals surface area contributed by atoms with Crippen molar-refractivity contribution in [3.05, 3.63) is 59.0 Å². The number of nitrogens with one attached hydrogen (secondary N) is 1. The first-order chi connectivity index (χ1) is 12.3. The van der Waals surface area contributed by atoms with Crippen LogP contribution in [0, 0.1) is 6.92 Å². The Kier molecular flexibility index (Phi) is 6.16. The van der Waals surface area contributed by atoms with Crippen molar-refractivity contribution < 1.29 is 23.5 Å². The zero-order chi connectivity index (χ0) is 19.3. The number of amides is 2. The van der Waals surface area contributed by atoms with Crippen LogP contribution in [0.2, 0.25) is 0 Å². The van der Waals surface area contributed by atoms with Crippen molar-refractivity contribution in [3.8, 4) is 0 Å². The van der Waals surface area contributed by atoms with Gasteiger partial charge >= 0.3 is 5.97 Å². The fourth-order valence-electron chi connectivity index (χ4n) is 2.51. The molecule has 0 saturated heterocycles. The minimum Gasteiger partial charge on any atom is -0.465 e. The fraction of sp³-hybridized carbons (Fsp3) is 0.316. The van der Waals surface area contributed by atoms with Gasteiger partial charge in [0, 0.05) is 12.6 Å². The highest BCUT2D eigenvalue weighted by atomic mass is 16.5. The molecule has 1 N–H and O–H groups in total. The molecule has 138 valence electrons. The van der Waals surface area contributed by atoms with Crippen LogP contribution >= 0.6 is 0 Å². The third kappa shape index (κ3) is 4.50. The van der Waals surface area contributed by atoms with Gasteiger partial charge in [0.2, 0.25) is 5.91 Å². The lowest BCUT2D eigenvalue weighted by atomic mass is 10.2. The number of esters is 1. The second-order valence-electron chi connectivity index (χ2n) is 5.93. The van der Waals surface area contributed by atoms with Crippen LogP contribution in [-0.4, -0.2) is 42.9 Å². The normalized spacial score (nSPS) is 11.5. The molecule has 7 heteroatoms. The summed E-state index contributed by atoms with van der Waals surface area (Å²) in [5.41, 5.74) is 0.813. The highest BCUT2D eigenvalue weighted by Gasteiger charge is 2.22. The van der Waals surface area contributed by atoms with Crippen molar-refractivity contribution in [1.29, 1.82) is 0 Å². The van der Waals surface area contributed by atoms with Crippen LogP contribution in [0.3, 0.4) is 0 Å². The van der Waals surface area contributed by atoms with Gasteiger partial charge in [0.25, 0.3) is 5.91 Å². The number of benzene rings is 1. The largest absolute Gasteiger partial charge is 0.465 e. The Morgan fingerprint density at radius 3 is 2.50 bits per heavy atom. The molecule has 2 rings (SSSR count). The lowest BCUT2D eigenvalue weighted by Crippen LogP contribution is -2.45. The van der Waals surface area contributed by atoms with E-state index in [2.05, 4.69) is 10.1 Å². The molecule has 1 atom stereocenters. The summed E-state index contributed by atoms with van der Waals surface area (Å²) >= 11 is 0. The second-order valence-corrected chi connectivity index (χ2v) is 5.93. The molecule has 0 aliphatic heterocycles. The molecule has 1 aromatic heterocycles. The minimum absolute atomic E-state index is 0.169. The molecule has 2 aromatic rings. The zero-order valence-electron chi connectivity index (χ0n) is 15.2. The molecule has 0 bridgehead atoms. The lowest BCUT2D eigenvalue weighted by molar-refractivity contribution is -0.132. The van der Waals surface area contributed by atoms with Gasteiger partial charge in [0.15, 0.2) is 0 Å². The standard InChI is InChI=1S/C19H22N2O5/c1-12(20-17(22)14-8-6-5-7-9-14)18(23)21(3)11-15-10-16(13(2)26-15)19(24)25-4/h5-10,12H,11H2,1-4H3,(H,20,22)/t12-/m0/s1. The average Bonchev–Trinajstić information content (AvgIpc) is 3.01. The summed E-state index contributed by atoms with van der Waals surface area (Å²) in [5.74, 6) is -0.196. The zero-order valence-corrected chi connectivity index (χ0v) is 15.2. The molecule has 1 aromatic carbocycles. The van der Waals surface area contributed by atoms with E-state index in [0.717, 1.165) is 0 Å². The highest BCUT2D eigenvalue weighted by molar-refractivity contribution is 5.97. The highest BCUT2D eigenvalue weighted by Crippen LogP contribution is 2.17. The number of carbonyl (C=O) groups is 3. The molecule has 0 radical (unpaired) electrons. The molecule has 0 fully saturated rings. The van der Waals surface area contributed by atoms with Crippen molar-refractivity contribution in [2.75, 3.05) is 14.2 Å². The number of hydrogen-bond donors (Lipinski definition) is 1. The topological polar surface area (TPSA) is 88.9 Å². The van der Waals surface area contributed by atoms with E-state index in [1.54, 1.807) is 51.2 Å². The summed E-state index contributed by atoms with van der Waals surface area (Å²) in [7, 11) is 2.89. The number of likely N-dealkylation sites (N-methyl/N-ethyl adjacent to an activating group) is 1. The van der Waals surface area contributed by atoms with E-state index in [9.17, 15) is 14.4 Å². The molecule has 2 amide bonds. The van der Waals surface area contributed by atoms with Crippen LogP contribution in [0.5, 0.6) is 0 Å². The van der Waals surface area contributed by atoms with Crippen LogP contribution < -0.4 is 5.32 Å². The molecule has 0 aliphatic carbocycles. The van der Waals surface area contributed by atoms with Gasteiger partial charge in [-0.05, 0) is 32.0 Å². The first-order valence-electron chi connectivity index (χ1n) is 8.12. The van der Waals surface area contributed by atoms with Gasteiger partial charge in [-0.3, -0.25) is 9.59 Å². The number of carbonyl (C=O) groups excluding carboxylic acids is 3. The molecular formula is C19H22N2O5. The Hall–Kier alpha value is -3.09. The van der Waals surface area contributed by atoms with E-state index in [1.807, 2.05) is 6.07 Å². The molecule has 7 nitrogen and oxygen atoms in total. The molecule has 0 aliphatic rings. The number of rotatable bonds is 6. The monoisotopic (exact) mass is 358 g/mol. The summed E-state index contributed by atoms with van der Waals surface area (Å²) in [6, 6.07) is 9.53. The number of aryl methyl sites for hydroxylation is 1. The average molecular weight is 358 g/mol. The molecule has 26 heavy (non-hydrogen) atoms. The van der Waals surface area contributed by atoms with E-state index in [-0.39, 0.29) is 18.4 Å². The maximum absolute atomic E-state index is 12.5. The first kappa shape index (κ1) is 19.2. The third-order valence-electron chi connectivity index (χ3n) is 3.90. The number of ether oxygens (including phenoxy) is 1. The predicted molar refractivity (Wildman–Crippen MR) is 94.6 cm³/mol. The quantitative estimate of drug-likeness (QED) is 0.799. The van der Waals surface area contributed by atoms with Gasteiger partial charge in [0.1, 0.15) is 23.1 Å². The summed E-state index contributed by atoms with van der Waals surface area (Å²) in [6.07, 6.45) is 0. The van der Waals surface area contributed by atoms with Gasteiger partial charge in [-0.2, -0.15) is 0 Å². The van der Waals surface area contributed by atoms with Gasteiger partial charge in [-0.15, -0.1) is 0 Å². The predicted octanol–water partition coefficient (Wildman–Crippen LogP) is 2.15. The Morgan fingerprint density at radius 1 is 1.23 bits per heavy atom. The Morgan fingerprint density at radius 2 is 1.88 bits per heavy atom. The summed E-state index contributed by atoms with van der Waals surface area (Å²) in [5, 5.41) is 2.67. The number of methoxy groups -OCH3 is 1.